The lowest BCUT2D eigenvalue weighted by Crippen LogP contribution is -2.05. The average Bonchev–Trinajstić information content (AvgIpc) is 2.15. The molecule has 0 saturated heterocycles. The minimum atomic E-state index is -0.771. The van der Waals surface area contributed by atoms with Crippen molar-refractivity contribution >= 4 is 29.3 Å². The van der Waals surface area contributed by atoms with E-state index in [1.807, 2.05) is 19.1 Å². The van der Waals surface area contributed by atoms with E-state index in [9.17, 15) is 4.79 Å². The number of carboxylic acid groups (broad SMARTS) is 1. The van der Waals surface area contributed by atoms with E-state index in [2.05, 4.69) is 4.98 Å². The summed E-state index contributed by atoms with van der Waals surface area (Å²) in [5, 5.41) is 9.16. The number of carbonyl (C=O) groups is 1. The molecule has 0 aliphatic rings. The van der Waals surface area contributed by atoms with Crippen LogP contribution >= 0.6 is 23.4 Å². The Morgan fingerprint density at radius 3 is 3.07 bits per heavy atom. The zero-order valence-corrected chi connectivity index (χ0v) is 9.88. The Labute approximate surface area is 97.9 Å². The molecule has 5 heteroatoms. The lowest BCUT2D eigenvalue weighted by Gasteiger charge is -2.08. The van der Waals surface area contributed by atoms with Crippen molar-refractivity contribution < 1.29 is 9.90 Å². The Bertz CT molecular complexity index is 346. The van der Waals surface area contributed by atoms with Gasteiger partial charge in [-0.1, -0.05) is 24.6 Å². The van der Waals surface area contributed by atoms with Crippen LogP contribution < -0.4 is 0 Å². The summed E-state index contributed by atoms with van der Waals surface area (Å²) in [6.07, 6.45) is 1.81. The van der Waals surface area contributed by atoms with Crippen molar-refractivity contribution in [3.8, 4) is 0 Å². The minimum Gasteiger partial charge on any atom is -0.481 e. The Morgan fingerprint density at radius 2 is 2.47 bits per heavy atom. The fraction of sp³-hybridized carbons (Fsp3) is 0.400. The molecule has 1 unspecified atom stereocenters. The molecule has 0 amide bonds. The lowest BCUT2D eigenvalue weighted by atomic mass is 10.3. The third kappa shape index (κ3) is 4.53. The summed E-state index contributed by atoms with van der Waals surface area (Å²) >= 11 is 7.44. The molecular formula is C10H12ClNO2S. The molecule has 0 aliphatic heterocycles. The number of pyridine rings is 1. The number of aromatic nitrogens is 1. The number of hydrogen-bond acceptors (Lipinski definition) is 3. The van der Waals surface area contributed by atoms with Crippen molar-refractivity contribution in [2.24, 2.45) is 0 Å². The molecule has 0 aliphatic carbocycles. The van der Waals surface area contributed by atoms with Crippen LogP contribution in [-0.4, -0.2) is 21.3 Å². The first-order valence-corrected chi connectivity index (χ1v) is 5.95. The van der Waals surface area contributed by atoms with Gasteiger partial charge in [-0.15, -0.1) is 0 Å². The second kappa shape index (κ2) is 5.98. The van der Waals surface area contributed by atoms with E-state index in [0.717, 1.165) is 5.56 Å². The van der Waals surface area contributed by atoms with Gasteiger partial charge in [-0.3, -0.25) is 4.79 Å². The van der Waals surface area contributed by atoms with Crippen molar-refractivity contribution in [2.75, 3.05) is 0 Å². The van der Waals surface area contributed by atoms with Crippen LogP contribution in [0.3, 0.4) is 0 Å². The van der Waals surface area contributed by atoms with Gasteiger partial charge in [0.25, 0.3) is 0 Å². The monoisotopic (exact) mass is 245 g/mol. The Hall–Kier alpha value is -0.740. The standard InChI is InChI=1S/C10H12ClNO2S/c1-7(5-9(13)14)15-6-8-3-2-4-12-10(8)11/h2-4,7H,5-6H2,1H3,(H,13,14). The molecule has 0 radical (unpaired) electrons. The first kappa shape index (κ1) is 12.3. The summed E-state index contributed by atoms with van der Waals surface area (Å²) in [6, 6.07) is 3.72. The van der Waals surface area contributed by atoms with Gasteiger partial charge in [0.05, 0.1) is 6.42 Å². The van der Waals surface area contributed by atoms with E-state index in [0.29, 0.717) is 10.9 Å². The van der Waals surface area contributed by atoms with Crippen LogP contribution in [0.4, 0.5) is 0 Å². The van der Waals surface area contributed by atoms with Gasteiger partial charge in [0.1, 0.15) is 5.15 Å². The predicted octanol–water partition coefficient (Wildman–Crippen LogP) is 2.83. The van der Waals surface area contributed by atoms with Crippen LogP contribution in [0.15, 0.2) is 18.3 Å². The normalized spacial score (nSPS) is 12.4. The molecule has 1 aromatic heterocycles. The summed E-state index contributed by atoms with van der Waals surface area (Å²) in [6.45, 7) is 1.89. The van der Waals surface area contributed by atoms with Crippen LogP contribution in [-0.2, 0) is 10.5 Å². The second-order valence-corrected chi connectivity index (χ2v) is 4.96. The molecule has 82 valence electrons. The van der Waals surface area contributed by atoms with Gasteiger partial charge < -0.3 is 5.11 Å². The predicted molar refractivity (Wildman–Crippen MR) is 62.3 cm³/mol. The summed E-state index contributed by atoms with van der Waals surface area (Å²) in [7, 11) is 0. The molecule has 0 fully saturated rings. The molecule has 0 spiro atoms. The SMILES string of the molecule is CC(CC(=O)O)SCc1cccnc1Cl. The van der Waals surface area contributed by atoms with Gasteiger partial charge in [-0.25, -0.2) is 4.98 Å². The summed E-state index contributed by atoms with van der Waals surface area (Å²) in [5.41, 5.74) is 0.946. The van der Waals surface area contributed by atoms with Gasteiger partial charge in [-0.05, 0) is 11.6 Å². The highest BCUT2D eigenvalue weighted by atomic mass is 35.5. The minimum absolute atomic E-state index is 0.0822. The van der Waals surface area contributed by atoms with E-state index in [1.165, 1.54) is 0 Å². The molecule has 15 heavy (non-hydrogen) atoms. The van der Waals surface area contributed by atoms with Crippen molar-refractivity contribution in [3.05, 3.63) is 29.0 Å². The number of carboxylic acids is 1. The first-order valence-electron chi connectivity index (χ1n) is 4.52. The van der Waals surface area contributed by atoms with Gasteiger partial charge in [-0.2, -0.15) is 11.8 Å². The first-order chi connectivity index (χ1) is 7.09. The molecule has 1 heterocycles. The van der Waals surface area contributed by atoms with E-state index < -0.39 is 5.97 Å². The fourth-order valence-corrected chi connectivity index (χ4v) is 2.29. The Kier molecular flexibility index (Phi) is 4.91. The number of nitrogens with zero attached hydrogens (tertiary/aromatic N) is 1. The van der Waals surface area contributed by atoms with Crippen LogP contribution in [0.1, 0.15) is 18.9 Å². The van der Waals surface area contributed by atoms with E-state index >= 15 is 0 Å². The summed E-state index contributed by atoms with van der Waals surface area (Å²) in [5.74, 6) is -0.0755. The largest absolute Gasteiger partial charge is 0.481 e. The quantitative estimate of drug-likeness (QED) is 0.811. The molecule has 0 saturated carbocycles. The number of halogens is 1. The summed E-state index contributed by atoms with van der Waals surface area (Å²) < 4.78 is 0. The molecule has 1 rings (SSSR count). The third-order valence-corrected chi connectivity index (χ3v) is 3.38. The highest BCUT2D eigenvalue weighted by Crippen LogP contribution is 2.23. The second-order valence-electron chi connectivity index (χ2n) is 3.17. The molecule has 1 N–H and O–H groups in total. The molecule has 0 aromatic carbocycles. The summed E-state index contributed by atoms with van der Waals surface area (Å²) in [4.78, 5) is 14.4. The van der Waals surface area contributed by atoms with Crippen LogP contribution in [0.2, 0.25) is 5.15 Å². The molecule has 1 aromatic rings. The number of thioether (sulfide) groups is 1. The zero-order valence-electron chi connectivity index (χ0n) is 8.31. The van der Waals surface area contributed by atoms with Crippen molar-refractivity contribution in [2.45, 2.75) is 24.3 Å². The lowest BCUT2D eigenvalue weighted by molar-refractivity contribution is -0.136. The Morgan fingerprint density at radius 1 is 1.73 bits per heavy atom. The third-order valence-electron chi connectivity index (χ3n) is 1.82. The number of hydrogen-bond donors (Lipinski definition) is 1. The smallest absolute Gasteiger partial charge is 0.304 e. The van der Waals surface area contributed by atoms with E-state index in [4.69, 9.17) is 16.7 Å². The maximum atomic E-state index is 10.4. The van der Waals surface area contributed by atoms with E-state index in [-0.39, 0.29) is 11.7 Å². The fourth-order valence-electron chi connectivity index (χ4n) is 1.06. The molecular weight excluding hydrogens is 234 g/mol. The molecule has 0 bridgehead atoms. The zero-order chi connectivity index (χ0) is 11.3. The van der Waals surface area contributed by atoms with E-state index in [1.54, 1.807) is 18.0 Å². The highest BCUT2D eigenvalue weighted by molar-refractivity contribution is 7.99. The van der Waals surface area contributed by atoms with Crippen molar-refractivity contribution in [1.29, 1.82) is 0 Å². The number of aliphatic carboxylic acids is 1. The van der Waals surface area contributed by atoms with Gasteiger partial charge in [0, 0.05) is 17.2 Å². The maximum Gasteiger partial charge on any atom is 0.304 e. The van der Waals surface area contributed by atoms with Gasteiger partial charge in [0.15, 0.2) is 0 Å². The molecule has 3 nitrogen and oxygen atoms in total. The highest BCUT2D eigenvalue weighted by Gasteiger charge is 2.09. The van der Waals surface area contributed by atoms with Crippen molar-refractivity contribution in [3.63, 3.8) is 0 Å². The Balaban J connectivity index is 2.43. The van der Waals surface area contributed by atoms with Crippen LogP contribution in [0.25, 0.3) is 0 Å². The molecule has 1 atom stereocenters. The van der Waals surface area contributed by atoms with Crippen LogP contribution in [0, 0.1) is 0 Å². The number of rotatable bonds is 5. The van der Waals surface area contributed by atoms with Gasteiger partial charge in [0.2, 0.25) is 0 Å². The maximum absolute atomic E-state index is 10.4. The average molecular weight is 246 g/mol. The van der Waals surface area contributed by atoms with Crippen molar-refractivity contribution in [1.82, 2.24) is 4.98 Å². The van der Waals surface area contributed by atoms with Crippen LogP contribution in [0.5, 0.6) is 0 Å². The van der Waals surface area contributed by atoms with Gasteiger partial charge >= 0.3 is 5.97 Å². The topological polar surface area (TPSA) is 50.2 Å².